The summed E-state index contributed by atoms with van der Waals surface area (Å²) in [5, 5.41) is 4.52. The molecule has 0 aliphatic rings. The average molecular weight is 275 g/mol. The summed E-state index contributed by atoms with van der Waals surface area (Å²) in [5.74, 6) is 0.296. The van der Waals surface area contributed by atoms with Gasteiger partial charge in [-0.05, 0) is 19.1 Å². The fourth-order valence-electron chi connectivity index (χ4n) is 2.05. The first-order chi connectivity index (χ1) is 9.65. The van der Waals surface area contributed by atoms with Crippen molar-refractivity contribution in [1.29, 1.82) is 0 Å². The van der Waals surface area contributed by atoms with Crippen LogP contribution < -0.4 is 10.5 Å². The number of hydrogen-bond donors (Lipinski definition) is 2. The van der Waals surface area contributed by atoms with E-state index in [2.05, 4.69) is 10.1 Å². The summed E-state index contributed by atoms with van der Waals surface area (Å²) in [7, 11) is 0. The van der Waals surface area contributed by atoms with Crippen LogP contribution in [0.4, 0.5) is 4.39 Å². The average Bonchev–Trinajstić information content (AvgIpc) is 3.01. The van der Waals surface area contributed by atoms with Crippen molar-refractivity contribution in [2.75, 3.05) is 0 Å². The Morgan fingerprint density at radius 3 is 2.90 bits per heavy atom. The van der Waals surface area contributed by atoms with Gasteiger partial charge in [-0.3, -0.25) is 0 Å². The van der Waals surface area contributed by atoms with Crippen LogP contribution in [-0.4, -0.2) is 10.1 Å². The van der Waals surface area contributed by atoms with E-state index in [1.165, 1.54) is 6.07 Å². The molecule has 3 aromatic rings. The molecule has 2 aromatic heterocycles. The Labute approximate surface area is 114 Å². The molecule has 0 radical (unpaired) electrons. The second kappa shape index (κ2) is 4.97. The smallest absolute Gasteiger partial charge is 0.174 e. The molecule has 0 spiro atoms. The highest BCUT2D eigenvalue weighted by Crippen LogP contribution is 2.26. The Bertz CT molecular complexity index is 748. The van der Waals surface area contributed by atoms with Crippen molar-refractivity contribution in [3.63, 3.8) is 0 Å². The summed E-state index contributed by atoms with van der Waals surface area (Å²) in [6, 6.07) is 6.61. The normalized spacial score (nSPS) is 11.2. The molecule has 0 saturated carbocycles. The van der Waals surface area contributed by atoms with E-state index < -0.39 is 5.82 Å². The summed E-state index contributed by atoms with van der Waals surface area (Å²) in [6.45, 7) is 2.32. The molecule has 2 heterocycles. The molecule has 0 fully saturated rings. The van der Waals surface area contributed by atoms with Crippen LogP contribution in [0.1, 0.15) is 17.1 Å². The largest absolute Gasteiger partial charge is 0.482 e. The van der Waals surface area contributed by atoms with Crippen LogP contribution >= 0.6 is 0 Å². The van der Waals surface area contributed by atoms with Crippen molar-refractivity contribution in [3.8, 4) is 5.75 Å². The van der Waals surface area contributed by atoms with Gasteiger partial charge in [0.25, 0.3) is 0 Å². The minimum Gasteiger partial charge on any atom is -0.482 e. The Balaban J connectivity index is 1.85. The topological polar surface area (TPSA) is 77.1 Å². The Kier molecular flexibility index (Phi) is 3.15. The van der Waals surface area contributed by atoms with E-state index in [0.29, 0.717) is 12.3 Å². The lowest BCUT2D eigenvalue weighted by Crippen LogP contribution is -1.96. The molecular formula is C14H14FN3O2. The molecule has 6 heteroatoms. The van der Waals surface area contributed by atoms with Gasteiger partial charge in [0.05, 0.1) is 5.69 Å². The van der Waals surface area contributed by atoms with E-state index in [1.807, 2.05) is 13.0 Å². The summed E-state index contributed by atoms with van der Waals surface area (Å²) >= 11 is 0. The number of fused-ring (bicyclic) bond motifs is 1. The van der Waals surface area contributed by atoms with Crippen LogP contribution in [0, 0.1) is 12.7 Å². The first kappa shape index (κ1) is 12.7. The molecule has 0 aliphatic heterocycles. The molecule has 0 atom stereocenters. The lowest BCUT2D eigenvalue weighted by molar-refractivity contribution is 0.240. The van der Waals surface area contributed by atoms with Crippen molar-refractivity contribution in [3.05, 3.63) is 47.2 Å². The summed E-state index contributed by atoms with van der Waals surface area (Å²) in [6.07, 6.45) is 0. The first-order valence-corrected chi connectivity index (χ1v) is 6.22. The van der Waals surface area contributed by atoms with E-state index in [-0.39, 0.29) is 12.4 Å². The summed E-state index contributed by atoms with van der Waals surface area (Å²) in [4.78, 5) is 3.11. The zero-order chi connectivity index (χ0) is 14.1. The van der Waals surface area contributed by atoms with E-state index in [9.17, 15) is 4.39 Å². The molecule has 0 saturated heterocycles. The lowest BCUT2D eigenvalue weighted by atomic mass is 10.2. The van der Waals surface area contributed by atoms with Crippen molar-refractivity contribution in [2.45, 2.75) is 20.1 Å². The molecule has 104 valence electrons. The molecule has 3 rings (SSSR count). The number of nitrogens with one attached hydrogen (secondary N) is 1. The molecule has 1 aromatic carbocycles. The lowest BCUT2D eigenvalue weighted by Gasteiger charge is -2.05. The quantitative estimate of drug-likeness (QED) is 0.767. The number of H-pyrrole nitrogens is 1. The van der Waals surface area contributed by atoms with Gasteiger partial charge in [-0.1, -0.05) is 5.16 Å². The van der Waals surface area contributed by atoms with E-state index in [1.54, 1.807) is 12.1 Å². The molecule has 3 N–H and O–H groups in total. The van der Waals surface area contributed by atoms with Gasteiger partial charge >= 0.3 is 0 Å². The van der Waals surface area contributed by atoms with Gasteiger partial charge in [0, 0.05) is 35.3 Å². The standard InChI is InChI=1S/C14H14FN3O2/c1-8-2-11(20-18-8)7-19-14-5-13-9(4-12(14)15)3-10(6-16)17-13/h2-5,17H,6-7,16H2,1H3. The fourth-order valence-corrected chi connectivity index (χ4v) is 2.05. The number of halogens is 1. The van der Waals surface area contributed by atoms with Gasteiger partial charge in [0.1, 0.15) is 6.61 Å². The molecule has 0 amide bonds. The molecule has 0 bridgehead atoms. The monoisotopic (exact) mass is 275 g/mol. The maximum atomic E-state index is 13.9. The minimum absolute atomic E-state index is 0.133. The van der Waals surface area contributed by atoms with Crippen molar-refractivity contribution >= 4 is 10.9 Å². The van der Waals surface area contributed by atoms with Crippen LogP contribution in [0.25, 0.3) is 10.9 Å². The molecular weight excluding hydrogens is 261 g/mol. The van der Waals surface area contributed by atoms with Crippen molar-refractivity contribution in [1.82, 2.24) is 10.1 Å². The molecule has 20 heavy (non-hydrogen) atoms. The number of aromatic amines is 1. The van der Waals surface area contributed by atoms with Gasteiger partial charge in [0.15, 0.2) is 17.3 Å². The zero-order valence-electron chi connectivity index (χ0n) is 10.9. The number of benzene rings is 1. The molecule has 5 nitrogen and oxygen atoms in total. The zero-order valence-corrected chi connectivity index (χ0v) is 10.9. The van der Waals surface area contributed by atoms with Crippen molar-refractivity contribution in [2.24, 2.45) is 5.73 Å². The van der Waals surface area contributed by atoms with Crippen LogP contribution in [0.15, 0.2) is 28.8 Å². The summed E-state index contributed by atoms with van der Waals surface area (Å²) < 4.78 is 24.4. The third-order valence-corrected chi connectivity index (χ3v) is 3.00. The SMILES string of the molecule is Cc1cc(COc2cc3[nH]c(CN)cc3cc2F)on1. The number of nitrogens with zero attached hydrogens (tertiary/aromatic N) is 1. The number of hydrogen-bond acceptors (Lipinski definition) is 4. The molecule has 0 unspecified atom stereocenters. The number of ether oxygens (including phenoxy) is 1. The Hall–Kier alpha value is -2.34. The minimum atomic E-state index is -0.420. The fraction of sp³-hybridized carbons (Fsp3) is 0.214. The predicted octanol–water partition coefficient (Wildman–Crippen LogP) is 2.64. The number of aryl methyl sites for hydroxylation is 1. The maximum Gasteiger partial charge on any atom is 0.174 e. The van der Waals surface area contributed by atoms with Crippen LogP contribution in [0.3, 0.4) is 0 Å². The number of rotatable bonds is 4. The van der Waals surface area contributed by atoms with E-state index >= 15 is 0 Å². The second-order valence-electron chi connectivity index (χ2n) is 4.59. The number of nitrogens with two attached hydrogens (primary N) is 1. The Morgan fingerprint density at radius 2 is 2.20 bits per heavy atom. The first-order valence-electron chi connectivity index (χ1n) is 6.22. The molecule has 0 aliphatic carbocycles. The van der Waals surface area contributed by atoms with Gasteiger partial charge < -0.3 is 20.0 Å². The maximum absolute atomic E-state index is 13.9. The highest BCUT2D eigenvalue weighted by Gasteiger charge is 2.10. The van der Waals surface area contributed by atoms with Gasteiger partial charge in [-0.15, -0.1) is 0 Å². The highest BCUT2D eigenvalue weighted by molar-refractivity contribution is 5.82. The highest BCUT2D eigenvalue weighted by atomic mass is 19.1. The van der Waals surface area contributed by atoms with Gasteiger partial charge in [-0.25, -0.2) is 4.39 Å². The third kappa shape index (κ3) is 2.37. The van der Waals surface area contributed by atoms with E-state index in [4.69, 9.17) is 15.0 Å². The van der Waals surface area contributed by atoms with Crippen LogP contribution in [0.2, 0.25) is 0 Å². The van der Waals surface area contributed by atoms with Crippen LogP contribution in [0.5, 0.6) is 5.75 Å². The van der Waals surface area contributed by atoms with Gasteiger partial charge in [0.2, 0.25) is 0 Å². The number of aromatic nitrogens is 2. The third-order valence-electron chi connectivity index (χ3n) is 3.00. The van der Waals surface area contributed by atoms with Crippen molar-refractivity contribution < 1.29 is 13.7 Å². The van der Waals surface area contributed by atoms with Gasteiger partial charge in [-0.2, -0.15) is 0 Å². The predicted molar refractivity (Wildman–Crippen MR) is 71.7 cm³/mol. The summed E-state index contributed by atoms with van der Waals surface area (Å²) in [5.41, 5.74) is 7.95. The van der Waals surface area contributed by atoms with Crippen LogP contribution in [-0.2, 0) is 13.2 Å². The van der Waals surface area contributed by atoms with E-state index in [0.717, 1.165) is 22.3 Å². The Morgan fingerprint density at radius 1 is 1.35 bits per heavy atom. The second-order valence-corrected chi connectivity index (χ2v) is 4.59.